The highest BCUT2D eigenvalue weighted by atomic mass is 14.3. The third-order valence-electron chi connectivity index (χ3n) is 3.34. The van der Waals surface area contributed by atoms with Crippen LogP contribution in [0.3, 0.4) is 0 Å². The minimum Gasteiger partial charge on any atom is -0.0622 e. The fourth-order valence-corrected chi connectivity index (χ4v) is 2.51. The van der Waals surface area contributed by atoms with Gasteiger partial charge < -0.3 is 0 Å². The summed E-state index contributed by atoms with van der Waals surface area (Å²) in [7, 11) is 0. The summed E-state index contributed by atoms with van der Waals surface area (Å²) >= 11 is 0. The summed E-state index contributed by atoms with van der Waals surface area (Å²) < 4.78 is 0. The molecule has 0 amide bonds. The number of hydrogen-bond acceptors (Lipinski definition) is 0. The normalized spacial score (nSPS) is 28.7. The molecule has 0 radical (unpaired) electrons. The van der Waals surface area contributed by atoms with E-state index in [4.69, 9.17) is 0 Å². The van der Waals surface area contributed by atoms with Gasteiger partial charge in [0.15, 0.2) is 0 Å². The predicted octanol–water partition coefficient (Wildman–Crippen LogP) is 3.98. The minimum atomic E-state index is 0.829. The highest BCUT2D eigenvalue weighted by molar-refractivity contribution is 5.20. The Hall–Kier alpha value is -0.780. The van der Waals surface area contributed by atoms with Gasteiger partial charge >= 0.3 is 0 Å². The Bertz CT molecular complexity index is 250. The van der Waals surface area contributed by atoms with Crippen LogP contribution in [-0.4, -0.2) is 0 Å². The smallest absolute Gasteiger partial charge is 0.0136 e. The van der Waals surface area contributed by atoms with E-state index < -0.39 is 0 Å². The molecule has 0 N–H and O–H groups in total. The lowest BCUT2D eigenvalue weighted by Gasteiger charge is -2.29. The maximum Gasteiger partial charge on any atom is -0.0136 e. The highest BCUT2D eigenvalue weighted by Gasteiger charge is 2.22. The first kappa shape index (κ1) is 8.80. The van der Waals surface area contributed by atoms with E-state index in [1.807, 2.05) is 0 Å². The Kier molecular flexibility index (Phi) is 2.68. The van der Waals surface area contributed by atoms with Crippen molar-refractivity contribution in [2.45, 2.75) is 38.5 Å². The summed E-state index contributed by atoms with van der Waals surface area (Å²) in [6.07, 6.45) is 5.67. The monoisotopic (exact) mass is 174 g/mol. The van der Waals surface area contributed by atoms with E-state index in [1.165, 1.54) is 25.7 Å². The molecule has 13 heavy (non-hydrogen) atoms. The molecule has 1 aromatic carbocycles. The van der Waals surface area contributed by atoms with Crippen molar-refractivity contribution in [3.63, 3.8) is 0 Å². The molecule has 1 aliphatic carbocycles. The first-order valence-electron chi connectivity index (χ1n) is 5.43. The molecule has 2 atom stereocenters. The van der Waals surface area contributed by atoms with Gasteiger partial charge in [-0.15, -0.1) is 0 Å². The molecule has 0 aromatic heterocycles. The van der Waals surface area contributed by atoms with E-state index in [0.717, 1.165) is 11.8 Å². The summed E-state index contributed by atoms with van der Waals surface area (Å²) in [4.78, 5) is 0. The molecular formula is C13H18. The van der Waals surface area contributed by atoms with Crippen LogP contribution in [0.15, 0.2) is 30.3 Å². The zero-order valence-corrected chi connectivity index (χ0v) is 8.37. The second kappa shape index (κ2) is 3.95. The Balaban J connectivity index is 2.15. The Morgan fingerprint density at radius 3 is 2.38 bits per heavy atom. The molecule has 1 saturated carbocycles. The van der Waals surface area contributed by atoms with Gasteiger partial charge in [0, 0.05) is 0 Å². The lowest BCUT2D eigenvalue weighted by Crippen LogP contribution is -2.14. The molecule has 2 rings (SSSR count). The second-order valence-electron chi connectivity index (χ2n) is 4.28. The molecule has 0 aliphatic heterocycles. The van der Waals surface area contributed by atoms with Crippen molar-refractivity contribution in [2.24, 2.45) is 5.92 Å². The van der Waals surface area contributed by atoms with Crippen molar-refractivity contribution in [3.05, 3.63) is 35.9 Å². The van der Waals surface area contributed by atoms with Gasteiger partial charge in [0.05, 0.1) is 0 Å². The summed E-state index contributed by atoms with van der Waals surface area (Å²) in [5.74, 6) is 1.71. The Morgan fingerprint density at radius 2 is 1.69 bits per heavy atom. The van der Waals surface area contributed by atoms with Crippen LogP contribution < -0.4 is 0 Å². The molecule has 1 aromatic rings. The van der Waals surface area contributed by atoms with Crippen molar-refractivity contribution in [3.8, 4) is 0 Å². The zero-order valence-electron chi connectivity index (χ0n) is 8.37. The van der Waals surface area contributed by atoms with Gasteiger partial charge in [-0.1, -0.05) is 56.5 Å². The molecule has 1 unspecified atom stereocenters. The van der Waals surface area contributed by atoms with Gasteiger partial charge in [-0.25, -0.2) is 0 Å². The third-order valence-corrected chi connectivity index (χ3v) is 3.34. The van der Waals surface area contributed by atoms with E-state index in [1.54, 1.807) is 5.56 Å². The van der Waals surface area contributed by atoms with Crippen LogP contribution in [-0.2, 0) is 0 Å². The predicted molar refractivity (Wildman–Crippen MR) is 56.8 cm³/mol. The van der Waals surface area contributed by atoms with E-state index in [0.29, 0.717) is 0 Å². The van der Waals surface area contributed by atoms with Crippen molar-refractivity contribution in [1.29, 1.82) is 0 Å². The zero-order chi connectivity index (χ0) is 9.10. The lowest BCUT2D eigenvalue weighted by atomic mass is 9.76. The van der Waals surface area contributed by atoms with Crippen LogP contribution in [0.2, 0.25) is 0 Å². The number of benzene rings is 1. The molecule has 0 spiro atoms. The van der Waals surface area contributed by atoms with E-state index in [9.17, 15) is 0 Å². The topological polar surface area (TPSA) is 0 Å². The number of rotatable bonds is 1. The average Bonchev–Trinajstić information content (AvgIpc) is 2.20. The lowest BCUT2D eigenvalue weighted by molar-refractivity contribution is 0.330. The third kappa shape index (κ3) is 1.93. The van der Waals surface area contributed by atoms with Gasteiger partial charge in [-0.2, -0.15) is 0 Å². The first-order valence-corrected chi connectivity index (χ1v) is 5.43. The first-order chi connectivity index (χ1) is 6.38. The molecular weight excluding hydrogens is 156 g/mol. The van der Waals surface area contributed by atoms with E-state index in [-0.39, 0.29) is 0 Å². The van der Waals surface area contributed by atoms with Crippen LogP contribution in [0, 0.1) is 5.92 Å². The number of hydrogen-bond donors (Lipinski definition) is 0. The molecule has 1 aliphatic rings. The molecule has 0 heterocycles. The fraction of sp³-hybridized carbons (Fsp3) is 0.538. The average molecular weight is 174 g/mol. The molecule has 1 fully saturated rings. The van der Waals surface area contributed by atoms with E-state index in [2.05, 4.69) is 37.3 Å². The van der Waals surface area contributed by atoms with E-state index >= 15 is 0 Å². The van der Waals surface area contributed by atoms with Crippen molar-refractivity contribution >= 4 is 0 Å². The van der Waals surface area contributed by atoms with Gasteiger partial charge in [0.1, 0.15) is 0 Å². The van der Waals surface area contributed by atoms with Crippen LogP contribution in [0.25, 0.3) is 0 Å². The van der Waals surface area contributed by atoms with Gasteiger partial charge in [-0.3, -0.25) is 0 Å². The Labute approximate surface area is 81.0 Å². The van der Waals surface area contributed by atoms with Gasteiger partial charge in [0.2, 0.25) is 0 Å². The largest absolute Gasteiger partial charge is 0.0622 e. The minimum absolute atomic E-state index is 0.829. The van der Waals surface area contributed by atoms with Gasteiger partial charge in [0.25, 0.3) is 0 Å². The molecule has 0 nitrogen and oxygen atoms in total. The quantitative estimate of drug-likeness (QED) is 0.604. The maximum atomic E-state index is 2.40. The second-order valence-corrected chi connectivity index (χ2v) is 4.28. The van der Waals surface area contributed by atoms with Crippen LogP contribution >= 0.6 is 0 Å². The summed E-state index contributed by atoms with van der Waals surface area (Å²) in [5.41, 5.74) is 1.55. The standard InChI is InChI=1S/C13H18/c1-11-7-5-6-10-13(11)12-8-3-2-4-9-12/h2-4,8-9,11,13H,5-7,10H2,1H3/t11-,13?/m0/s1. The summed E-state index contributed by atoms with van der Waals surface area (Å²) in [6.45, 7) is 2.40. The van der Waals surface area contributed by atoms with Crippen molar-refractivity contribution in [2.75, 3.05) is 0 Å². The summed E-state index contributed by atoms with van der Waals surface area (Å²) in [5, 5.41) is 0. The van der Waals surface area contributed by atoms with Crippen LogP contribution in [0.1, 0.15) is 44.1 Å². The van der Waals surface area contributed by atoms with Crippen molar-refractivity contribution in [1.82, 2.24) is 0 Å². The molecule has 70 valence electrons. The van der Waals surface area contributed by atoms with Gasteiger partial charge in [-0.05, 0) is 23.8 Å². The SMILES string of the molecule is C[C@H]1CCCCC1c1ccccc1. The van der Waals surface area contributed by atoms with Crippen LogP contribution in [0.5, 0.6) is 0 Å². The molecule has 0 saturated heterocycles. The Morgan fingerprint density at radius 1 is 1.00 bits per heavy atom. The van der Waals surface area contributed by atoms with Crippen LogP contribution in [0.4, 0.5) is 0 Å². The highest BCUT2D eigenvalue weighted by Crippen LogP contribution is 2.36. The van der Waals surface area contributed by atoms with Crippen molar-refractivity contribution < 1.29 is 0 Å². The summed E-state index contributed by atoms with van der Waals surface area (Å²) in [6, 6.07) is 11.0. The fourth-order valence-electron chi connectivity index (χ4n) is 2.51. The molecule has 0 bridgehead atoms. The maximum absolute atomic E-state index is 2.40. The molecule has 0 heteroatoms.